The molecule has 1 aliphatic carbocycles. The first-order valence-corrected chi connectivity index (χ1v) is 13.1. The molecule has 1 aliphatic heterocycles. The number of halogens is 1. The first-order chi connectivity index (χ1) is 18.1. The Morgan fingerprint density at radius 3 is 2.38 bits per heavy atom. The van der Waals surface area contributed by atoms with Gasteiger partial charge in [-0.25, -0.2) is 5.01 Å². The third-order valence-electron chi connectivity index (χ3n) is 7.06. The van der Waals surface area contributed by atoms with Crippen molar-refractivity contribution in [3.8, 4) is 0 Å². The third kappa shape index (κ3) is 6.20. The summed E-state index contributed by atoms with van der Waals surface area (Å²) in [5, 5.41) is 9.64. The number of ether oxygens (including phenoxy) is 1. The summed E-state index contributed by atoms with van der Waals surface area (Å²) in [7, 11) is 0. The van der Waals surface area contributed by atoms with Gasteiger partial charge in [-0.2, -0.15) is 0 Å². The van der Waals surface area contributed by atoms with Crippen LogP contribution >= 0.6 is 11.6 Å². The van der Waals surface area contributed by atoms with Crippen LogP contribution in [0.15, 0.2) is 84.0 Å². The van der Waals surface area contributed by atoms with Crippen LogP contribution in [0.4, 0.5) is 0 Å². The molecule has 0 radical (unpaired) electrons. The summed E-state index contributed by atoms with van der Waals surface area (Å²) >= 11 is 5.98. The van der Waals surface area contributed by atoms with Crippen LogP contribution < -0.4 is 5.32 Å². The first kappa shape index (κ1) is 25.0. The highest BCUT2D eigenvalue weighted by Crippen LogP contribution is 2.37. The molecule has 3 aromatic rings. The third-order valence-corrected chi connectivity index (χ3v) is 7.31. The van der Waals surface area contributed by atoms with Gasteiger partial charge < -0.3 is 10.1 Å². The number of carbonyl (C=O) groups excluding carboxylic acids is 2. The van der Waals surface area contributed by atoms with E-state index in [0.717, 1.165) is 47.9 Å². The number of hydrogen-bond donors (Lipinski definition) is 1. The number of nitrogens with zero attached hydrogens (tertiary/aromatic N) is 2. The normalized spacial score (nSPS) is 16.7. The summed E-state index contributed by atoms with van der Waals surface area (Å²) in [6.45, 7) is 0.785. The molecule has 37 heavy (non-hydrogen) atoms. The topological polar surface area (TPSA) is 71.0 Å². The van der Waals surface area contributed by atoms with Crippen molar-refractivity contribution in [3.05, 3.63) is 106 Å². The molecule has 190 valence electrons. The van der Waals surface area contributed by atoms with E-state index in [1.807, 2.05) is 66.7 Å². The fourth-order valence-corrected chi connectivity index (χ4v) is 5.21. The number of hydrazone groups is 1. The van der Waals surface area contributed by atoms with Gasteiger partial charge in [0.1, 0.15) is 0 Å². The maximum atomic E-state index is 13.3. The maximum absolute atomic E-state index is 13.3. The van der Waals surface area contributed by atoms with Crippen molar-refractivity contribution < 1.29 is 14.3 Å². The van der Waals surface area contributed by atoms with E-state index in [1.165, 1.54) is 5.01 Å². The summed E-state index contributed by atoms with van der Waals surface area (Å²) in [6, 6.07) is 25.2. The number of amides is 2. The molecule has 0 spiro atoms. The molecule has 2 amide bonds. The SMILES string of the molecule is O=C(NCc1ccccc1)C(c1ccc(CN2N=C(c3ccc(Cl)cc3)OCC2=O)cc1)C1CCCC1. The van der Waals surface area contributed by atoms with Gasteiger partial charge in [0.25, 0.3) is 5.91 Å². The minimum atomic E-state index is -0.203. The van der Waals surface area contributed by atoms with Crippen molar-refractivity contribution in [2.24, 2.45) is 11.0 Å². The average Bonchev–Trinajstić information content (AvgIpc) is 3.45. The standard InChI is InChI=1S/C30H30ClN3O3/c31-26-16-14-25(15-17-26)30-33-34(27(35)20-37-30)19-22-10-12-24(13-11-22)28(23-8-4-5-9-23)29(36)32-18-21-6-2-1-3-7-21/h1-3,6-7,10-17,23,28H,4-5,8-9,18-20H2,(H,32,36). The molecule has 1 atom stereocenters. The molecular formula is C30H30ClN3O3. The van der Waals surface area contributed by atoms with Crippen LogP contribution in [0, 0.1) is 5.92 Å². The lowest BCUT2D eigenvalue weighted by atomic mass is 9.83. The van der Waals surface area contributed by atoms with Crippen molar-refractivity contribution in [3.63, 3.8) is 0 Å². The van der Waals surface area contributed by atoms with Crippen LogP contribution in [0.25, 0.3) is 0 Å². The molecule has 2 aliphatic rings. The van der Waals surface area contributed by atoms with Gasteiger partial charge in [-0.05, 0) is 59.7 Å². The van der Waals surface area contributed by atoms with Gasteiger partial charge in [-0.15, -0.1) is 5.10 Å². The molecule has 1 fully saturated rings. The Hall–Kier alpha value is -3.64. The van der Waals surface area contributed by atoms with E-state index < -0.39 is 0 Å². The van der Waals surface area contributed by atoms with Crippen LogP contribution in [-0.2, 0) is 27.4 Å². The zero-order valence-electron chi connectivity index (χ0n) is 20.6. The predicted molar refractivity (Wildman–Crippen MR) is 144 cm³/mol. The van der Waals surface area contributed by atoms with E-state index in [9.17, 15) is 9.59 Å². The summed E-state index contributed by atoms with van der Waals surface area (Å²) in [5.41, 5.74) is 3.80. The van der Waals surface area contributed by atoms with Gasteiger partial charge in [0.05, 0.1) is 12.5 Å². The van der Waals surface area contributed by atoms with E-state index in [1.54, 1.807) is 12.1 Å². The Balaban J connectivity index is 1.29. The first-order valence-electron chi connectivity index (χ1n) is 12.7. The number of rotatable bonds is 8. The van der Waals surface area contributed by atoms with Crippen LogP contribution in [0.1, 0.15) is 53.9 Å². The molecule has 0 saturated heterocycles. The predicted octanol–water partition coefficient (Wildman–Crippen LogP) is 5.65. The second-order valence-corrected chi connectivity index (χ2v) is 10.1. The highest BCUT2D eigenvalue weighted by Gasteiger charge is 2.32. The second-order valence-electron chi connectivity index (χ2n) is 9.62. The number of benzene rings is 3. The Kier molecular flexibility index (Phi) is 7.85. The molecule has 6 nitrogen and oxygen atoms in total. The van der Waals surface area contributed by atoms with E-state index in [-0.39, 0.29) is 24.3 Å². The summed E-state index contributed by atoms with van der Waals surface area (Å²) in [5.74, 6) is 0.424. The summed E-state index contributed by atoms with van der Waals surface area (Å²) in [4.78, 5) is 25.8. The van der Waals surface area contributed by atoms with Crippen molar-refractivity contribution in [1.29, 1.82) is 0 Å². The summed E-state index contributed by atoms with van der Waals surface area (Å²) < 4.78 is 5.54. The fourth-order valence-electron chi connectivity index (χ4n) is 5.08. The minimum absolute atomic E-state index is 0.0646. The molecule has 7 heteroatoms. The Bertz CT molecular complexity index is 1250. The van der Waals surface area contributed by atoms with Crippen LogP contribution in [0.3, 0.4) is 0 Å². The maximum Gasteiger partial charge on any atom is 0.281 e. The molecule has 3 aromatic carbocycles. The average molecular weight is 516 g/mol. The zero-order chi connectivity index (χ0) is 25.6. The Morgan fingerprint density at radius 2 is 1.68 bits per heavy atom. The smallest absolute Gasteiger partial charge is 0.281 e. The highest BCUT2D eigenvalue weighted by molar-refractivity contribution is 6.30. The van der Waals surface area contributed by atoms with Gasteiger partial charge in [0, 0.05) is 17.1 Å². The molecule has 0 aromatic heterocycles. The van der Waals surface area contributed by atoms with E-state index in [2.05, 4.69) is 10.4 Å². The summed E-state index contributed by atoms with van der Waals surface area (Å²) in [6.07, 6.45) is 4.46. The van der Waals surface area contributed by atoms with Gasteiger partial charge in [0.15, 0.2) is 6.61 Å². The molecular weight excluding hydrogens is 486 g/mol. The molecule has 1 N–H and O–H groups in total. The van der Waals surface area contributed by atoms with Crippen molar-refractivity contribution in [1.82, 2.24) is 10.3 Å². The Morgan fingerprint density at radius 1 is 0.973 bits per heavy atom. The van der Waals surface area contributed by atoms with Crippen molar-refractivity contribution in [2.75, 3.05) is 6.61 Å². The van der Waals surface area contributed by atoms with Gasteiger partial charge in [-0.1, -0.05) is 79.0 Å². The van der Waals surface area contributed by atoms with Crippen LogP contribution in [-0.4, -0.2) is 29.3 Å². The van der Waals surface area contributed by atoms with E-state index >= 15 is 0 Å². The second kappa shape index (κ2) is 11.6. The number of carbonyl (C=O) groups is 2. The van der Waals surface area contributed by atoms with Gasteiger partial charge in [0.2, 0.25) is 11.8 Å². The van der Waals surface area contributed by atoms with Gasteiger partial charge in [-0.3, -0.25) is 9.59 Å². The van der Waals surface area contributed by atoms with Crippen molar-refractivity contribution in [2.45, 2.75) is 44.7 Å². The minimum Gasteiger partial charge on any atom is -0.466 e. The van der Waals surface area contributed by atoms with Crippen LogP contribution in [0.2, 0.25) is 5.02 Å². The number of hydrogen-bond acceptors (Lipinski definition) is 4. The highest BCUT2D eigenvalue weighted by atomic mass is 35.5. The van der Waals surface area contributed by atoms with E-state index in [4.69, 9.17) is 16.3 Å². The monoisotopic (exact) mass is 515 g/mol. The molecule has 1 heterocycles. The molecule has 5 rings (SSSR count). The Labute approximate surface area is 222 Å². The lowest BCUT2D eigenvalue weighted by Crippen LogP contribution is -2.36. The molecule has 1 saturated carbocycles. The molecule has 1 unspecified atom stereocenters. The van der Waals surface area contributed by atoms with E-state index in [0.29, 0.717) is 29.9 Å². The lowest BCUT2D eigenvalue weighted by molar-refractivity contribution is -0.136. The fraction of sp³-hybridized carbons (Fsp3) is 0.300. The van der Waals surface area contributed by atoms with Crippen LogP contribution in [0.5, 0.6) is 0 Å². The lowest BCUT2D eigenvalue weighted by Gasteiger charge is -2.25. The largest absolute Gasteiger partial charge is 0.466 e. The molecule has 0 bridgehead atoms. The number of nitrogens with one attached hydrogen (secondary N) is 1. The van der Waals surface area contributed by atoms with Gasteiger partial charge >= 0.3 is 0 Å². The van der Waals surface area contributed by atoms with Crippen molar-refractivity contribution >= 4 is 29.3 Å². The quantitative estimate of drug-likeness (QED) is 0.421. The zero-order valence-corrected chi connectivity index (χ0v) is 21.4.